The van der Waals surface area contributed by atoms with Gasteiger partial charge in [-0.25, -0.2) is 4.98 Å². The Kier molecular flexibility index (Phi) is 5.27. The Morgan fingerprint density at radius 2 is 1.92 bits per heavy atom. The van der Waals surface area contributed by atoms with Crippen LogP contribution in [0.5, 0.6) is 0 Å². The van der Waals surface area contributed by atoms with Crippen molar-refractivity contribution in [3.05, 3.63) is 41.4 Å². The van der Waals surface area contributed by atoms with Crippen LogP contribution < -0.4 is 5.32 Å². The molecule has 0 unspecified atom stereocenters. The highest BCUT2D eigenvalue weighted by Crippen LogP contribution is 2.29. The summed E-state index contributed by atoms with van der Waals surface area (Å²) in [6.45, 7) is 2.22. The largest absolute Gasteiger partial charge is 0.441 e. The minimum atomic E-state index is 0.0844. The number of aromatic nitrogens is 1. The molecule has 1 aliphatic carbocycles. The number of benzene rings is 1. The number of amides is 1. The number of aryl methyl sites for hydroxylation is 1. The lowest BCUT2D eigenvalue weighted by Crippen LogP contribution is -2.45. The van der Waals surface area contributed by atoms with E-state index in [1.54, 1.807) is 6.20 Å². The lowest BCUT2D eigenvalue weighted by Gasteiger charge is -2.32. The molecule has 4 rings (SSSR count). The zero-order valence-electron chi connectivity index (χ0n) is 14.8. The molecule has 0 radical (unpaired) electrons. The van der Waals surface area contributed by atoms with E-state index in [2.05, 4.69) is 15.2 Å². The Labute approximate surface area is 158 Å². The number of piperidine rings is 1. The summed E-state index contributed by atoms with van der Waals surface area (Å²) < 4.78 is 5.76. The predicted octanol–water partition coefficient (Wildman–Crippen LogP) is 3.67. The molecule has 26 heavy (non-hydrogen) atoms. The molecule has 1 aliphatic heterocycles. The molecule has 0 spiro atoms. The number of hydrogen-bond acceptors (Lipinski definition) is 4. The maximum absolute atomic E-state index is 12.2. The first kappa shape index (κ1) is 17.6. The first-order valence-electron chi connectivity index (χ1n) is 9.41. The Balaban J connectivity index is 1.22. The number of hydrogen-bond donors (Lipinski definition) is 1. The number of nitrogens with zero attached hydrogens (tertiary/aromatic N) is 2. The van der Waals surface area contributed by atoms with E-state index in [0.29, 0.717) is 35.6 Å². The molecule has 1 aromatic carbocycles. The molecule has 0 bridgehead atoms. The molecule has 2 aliphatic rings. The van der Waals surface area contributed by atoms with Gasteiger partial charge in [-0.15, -0.1) is 0 Å². The van der Waals surface area contributed by atoms with Crippen LogP contribution in [-0.2, 0) is 11.2 Å². The van der Waals surface area contributed by atoms with Gasteiger partial charge < -0.3 is 14.6 Å². The van der Waals surface area contributed by atoms with Crippen LogP contribution in [0.25, 0.3) is 11.3 Å². The molecule has 5 nitrogen and oxygen atoms in total. The third-order valence-corrected chi connectivity index (χ3v) is 5.46. The third kappa shape index (κ3) is 4.46. The first-order valence-corrected chi connectivity index (χ1v) is 9.79. The van der Waals surface area contributed by atoms with Crippen molar-refractivity contribution in [1.29, 1.82) is 0 Å². The average molecular weight is 374 g/mol. The fourth-order valence-electron chi connectivity index (χ4n) is 3.54. The molecule has 2 heterocycles. The van der Waals surface area contributed by atoms with E-state index in [-0.39, 0.29) is 5.91 Å². The Hall–Kier alpha value is -1.85. The van der Waals surface area contributed by atoms with Crippen LogP contribution in [0, 0.1) is 0 Å². The number of likely N-dealkylation sites (tertiary alicyclic amines) is 1. The summed E-state index contributed by atoms with van der Waals surface area (Å²) in [4.78, 5) is 19.1. The third-order valence-electron chi connectivity index (χ3n) is 5.21. The summed E-state index contributed by atoms with van der Waals surface area (Å²) in [5, 5.41) is 3.85. The van der Waals surface area contributed by atoms with Gasteiger partial charge in [0, 0.05) is 48.6 Å². The molecule has 0 atom stereocenters. The number of halogens is 1. The fourth-order valence-corrected chi connectivity index (χ4v) is 3.67. The second-order valence-corrected chi connectivity index (χ2v) is 7.67. The van der Waals surface area contributed by atoms with E-state index >= 15 is 0 Å². The quantitative estimate of drug-likeness (QED) is 0.839. The minimum Gasteiger partial charge on any atom is -0.441 e. The normalized spacial score (nSPS) is 18.8. The van der Waals surface area contributed by atoms with Gasteiger partial charge in [0.2, 0.25) is 5.91 Å². The van der Waals surface area contributed by atoms with Crippen molar-refractivity contribution in [3.8, 4) is 11.3 Å². The Bertz CT molecular complexity index is 747. The summed E-state index contributed by atoms with van der Waals surface area (Å²) in [6.07, 6.45) is 7.44. The first-order chi connectivity index (χ1) is 12.7. The monoisotopic (exact) mass is 373 g/mol. The summed E-state index contributed by atoms with van der Waals surface area (Å²) in [7, 11) is 0. The van der Waals surface area contributed by atoms with E-state index in [4.69, 9.17) is 16.0 Å². The molecular formula is C20H24ClN3O2. The molecule has 1 N–H and O–H groups in total. The maximum atomic E-state index is 12.2. The van der Waals surface area contributed by atoms with Crippen molar-refractivity contribution in [3.63, 3.8) is 0 Å². The average Bonchev–Trinajstić information content (AvgIpc) is 3.39. The molecule has 1 saturated heterocycles. The highest BCUT2D eigenvalue weighted by Gasteiger charge is 2.32. The molecule has 1 aromatic heterocycles. The summed E-state index contributed by atoms with van der Waals surface area (Å²) in [6, 6.07) is 8.57. The highest BCUT2D eigenvalue weighted by atomic mass is 35.5. The topological polar surface area (TPSA) is 58.4 Å². The highest BCUT2D eigenvalue weighted by molar-refractivity contribution is 6.30. The molecule has 1 saturated carbocycles. The Morgan fingerprint density at radius 3 is 2.62 bits per heavy atom. The number of nitrogens with one attached hydrogen (secondary N) is 1. The fraction of sp³-hybridized carbons (Fsp3) is 0.500. The van der Waals surface area contributed by atoms with Crippen molar-refractivity contribution in [1.82, 2.24) is 15.2 Å². The van der Waals surface area contributed by atoms with Gasteiger partial charge in [-0.05, 0) is 49.9 Å². The van der Waals surface area contributed by atoms with Crippen molar-refractivity contribution in [2.24, 2.45) is 0 Å². The van der Waals surface area contributed by atoms with E-state index in [1.807, 2.05) is 24.3 Å². The molecule has 1 amide bonds. The van der Waals surface area contributed by atoms with E-state index < -0.39 is 0 Å². The lowest BCUT2D eigenvalue weighted by atomic mass is 10.0. The molecule has 2 fully saturated rings. The van der Waals surface area contributed by atoms with Crippen molar-refractivity contribution >= 4 is 17.5 Å². The van der Waals surface area contributed by atoms with Gasteiger partial charge >= 0.3 is 0 Å². The van der Waals surface area contributed by atoms with E-state index in [9.17, 15) is 4.79 Å². The van der Waals surface area contributed by atoms with Crippen LogP contribution in [0.3, 0.4) is 0 Å². The molecule has 6 heteroatoms. The maximum Gasteiger partial charge on any atom is 0.220 e. The van der Waals surface area contributed by atoms with E-state index in [0.717, 1.165) is 37.5 Å². The zero-order chi connectivity index (χ0) is 17.9. The van der Waals surface area contributed by atoms with Crippen LogP contribution in [0.1, 0.15) is 38.0 Å². The predicted molar refractivity (Wildman–Crippen MR) is 101 cm³/mol. The number of oxazole rings is 1. The number of carbonyl (C=O) groups is 1. The van der Waals surface area contributed by atoms with Gasteiger partial charge in [0.1, 0.15) is 0 Å². The van der Waals surface area contributed by atoms with Gasteiger partial charge in [0.05, 0.1) is 6.20 Å². The molecular weight excluding hydrogens is 350 g/mol. The Morgan fingerprint density at radius 1 is 1.19 bits per heavy atom. The van der Waals surface area contributed by atoms with Gasteiger partial charge in [-0.3, -0.25) is 4.79 Å². The van der Waals surface area contributed by atoms with Crippen LogP contribution in [-0.4, -0.2) is 41.0 Å². The van der Waals surface area contributed by atoms with Crippen LogP contribution >= 0.6 is 11.6 Å². The van der Waals surface area contributed by atoms with Crippen molar-refractivity contribution in [2.75, 3.05) is 13.1 Å². The molecule has 138 valence electrons. The van der Waals surface area contributed by atoms with Crippen LogP contribution in [0.4, 0.5) is 0 Å². The zero-order valence-corrected chi connectivity index (χ0v) is 15.5. The minimum absolute atomic E-state index is 0.0844. The lowest BCUT2D eigenvalue weighted by molar-refractivity contribution is -0.122. The van der Waals surface area contributed by atoms with Crippen molar-refractivity contribution in [2.45, 2.75) is 50.6 Å². The SMILES string of the molecule is O=C(CCc1ncc(-c2ccc(Cl)cc2)o1)NC1CCN(C2CC2)CC1. The van der Waals surface area contributed by atoms with Crippen molar-refractivity contribution < 1.29 is 9.21 Å². The van der Waals surface area contributed by atoms with Gasteiger partial charge in [-0.1, -0.05) is 11.6 Å². The summed E-state index contributed by atoms with van der Waals surface area (Å²) in [5.41, 5.74) is 0.931. The van der Waals surface area contributed by atoms with Crippen LogP contribution in [0.2, 0.25) is 5.02 Å². The van der Waals surface area contributed by atoms with Gasteiger partial charge in [-0.2, -0.15) is 0 Å². The standard InChI is InChI=1S/C20H24ClN3O2/c21-15-3-1-14(2-4-15)18-13-22-20(26-18)8-7-19(25)23-16-9-11-24(12-10-16)17-5-6-17/h1-4,13,16-17H,5-12H2,(H,23,25). The van der Waals surface area contributed by atoms with Crippen LogP contribution in [0.15, 0.2) is 34.9 Å². The summed E-state index contributed by atoms with van der Waals surface area (Å²) in [5.74, 6) is 1.37. The van der Waals surface area contributed by atoms with Gasteiger partial charge in [0.25, 0.3) is 0 Å². The molecule has 2 aromatic rings. The number of carbonyl (C=O) groups excluding carboxylic acids is 1. The smallest absolute Gasteiger partial charge is 0.220 e. The van der Waals surface area contributed by atoms with Gasteiger partial charge in [0.15, 0.2) is 11.7 Å². The van der Waals surface area contributed by atoms with E-state index in [1.165, 1.54) is 12.8 Å². The number of rotatable bonds is 6. The second-order valence-electron chi connectivity index (χ2n) is 7.23. The summed E-state index contributed by atoms with van der Waals surface area (Å²) >= 11 is 5.90. The second kappa shape index (κ2) is 7.80.